The molecule has 2 rings (SSSR count). The lowest BCUT2D eigenvalue weighted by atomic mass is 10.2. The fourth-order valence-corrected chi connectivity index (χ4v) is 2.61. The van der Waals surface area contributed by atoms with Crippen molar-refractivity contribution in [1.29, 1.82) is 0 Å². The number of hydrogen-bond acceptors (Lipinski definition) is 2. The Bertz CT molecular complexity index is 450. The van der Waals surface area contributed by atoms with E-state index in [0.717, 1.165) is 15.8 Å². The van der Waals surface area contributed by atoms with E-state index >= 15 is 0 Å². The summed E-state index contributed by atoms with van der Waals surface area (Å²) in [6.45, 7) is 2.03. The van der Waals surface area contributed by atoms with E-state index in [-0.39, 0.29) is 0 Å². The van der Waals surface area contributed by atoms with Gasteiger partial charge in [-0.25, -0.2) is 4.98 Å². The fraction of sp³-hybridized carbons (Fsp3) is 0.222. The molecular weight excluding hydrogens is 225 g/mol. The second-order valence-electron chi connectivity index (χ2n) is 2.84. The van der Waals surface area contributed by atoms with Crippen LogP contribution in [-0.2, 0) is 5.88 Å². The van der Waals surface area contributed by atoms with Gasteiger partial charge in [0.05, 0.1) is 16.1 Å². The molecular formula is C9H7Cl2NS. The van der Waals surface area contributed by atoms with Crippen molar-refractivity contribution in [3.8, 4) is 0 Å². The van der Waals surface area contributed by atoms with E-state index in [2.05, 4.69) is 10.4 Å². The van der Waals surface area contributed by atoms with Crippen LogP contribution in [0.15, 0.2) is 11.4 Å². The van der Waals surface area contributed by atoms with Gasteiger partial charge in [0.1, 0.15) is 5.15 Å². The molecule has 0 radical (unpaired) electrons. The summed E-state index contributed by atoms with van der Waals surface area (Å²) in [4.78, 5) is 4.30. The average molecular weight is 232 g/mol. The SMILES string of the molecule is Cc1csc2cc(CCl)c(Cl)nc12. The highest BCUT2D eigenvalue weighted by molar-refractivity contribution is 7.17. The van der Waals surface area contributed by atoms with Crippen molar-refractivity contribution in [2.45, 2.75) is 12.8 Å². The minimum Gasteiger partial charge on any atom is -0.235 e. The van der Waals surface area contributed by atoms with Crippen molar-refractivity contribution >= 4 is 44.8 Å². The van der Waals surface area contributed by atoms with Crippen LogP contribution in [0.3, 0.4) is 0 Å². The molecule has 0 aliphatic carbocycles. The molecule has 1 nitrogen and oxygen atoms in total. The van der Waals surface area contributed by atoms with Gasteiger partial charge < -0.3 is 0 Å². The smallest absolute Gasteiger partial charge is 0.134 e. The molecule has 2 aromatic heterocycles. The predicted molar refractivity (Wildman–Crippen MR) is 58.9 cm³/mol. The Labute approximate surface area is 90.3 Å². The summed E-state index contributed by atoms with van der Waals surface area (Å²) in [6, 6.07) is 2.01. The summed E-state index contributed by atoms with van der Waals surface area (Å²) in [5.41, 5.74) is 3.06. The summed E-state index contributed by atoms with van der Waals surface area (Å²) in [7, 11) is 0. The van der Waals surface area contributed by atoms with Crippen LogP contribution in [-0.4, -0.2) is 4.98 Å². The molecule has 68 valence electrons. The van der Waals surface area contributed by atoms with E-state index in [9.17, 15) is 0 Å². The van der Waals surface area contributed by atoms with Gasteiger partial charge in [0.15, 0.2) is 0 Å². The molecule has 0 bridgehead atoms. The molecule has 2 aromatic rings. The second-order valence-corrected chi connectivity index (χ2v) is 4.37. The van der Waals surface area contributed by atoms with Gasteiger partial charge in [-0.05, 0) is 23.9 Å². The van der Waals surface area contributed by atoms with E-state index in [1.54, 1.807) is 11.3 Å². The Morgan fingerprint density at radius 2 is 2.31 bits per heavy atom. The van der Waals surface area contributed by atoms with E-state index in [1.165, 1.54) is 5.56 Å². The molecule has 0 spiro atoms. The molecule has 0 aromatic carbocycles. The monoisotopic (exact) mass is 231 g/mol. The van der Waals surface area contributed by atoms with Crippen molar-refractivity contribution < 1.29 is 0 Å². The van der Waals surface area contributed by atoms with E-state index < -0.39 is 0 Å². The number of nitrogens with zero attached hydrogens (tertiary/aromatic N) is 1. The van der Waals surface area contributed by atoms with Crippen molar-refractivity contribution in [3.05, 3.63) is 27.7 Å². The van der Waals surface area contributed by atoms with Gasteiger partial charge in [0.2, 0.25) is 0 Å². The van der Waals surface area contributed by atoms with Gasteiger partial charge in [-0.1, -0.05) is 11.6 Å². The highest BCUT2D eigenvalue weighted by Gasteiger charge is 2.06. The maximum atomic E-state index is 5.94. The highest BCUT2D eigenvalue weighted by atomic mass is 35.5. The number of rotatable bonds is 1. The summed E-state index contributed by atoms with van der Waals surface area (Å²) >= 11 is 13.3. The Hall–Kier alpha value is -0.310. The Morgan fingerprint density at radius 1 is 1.54 bits per heavy atom. The Balaban J connectivity index is 2.76. The normalized spacial score (nSPS) is 11.0. The predicted octanol–water partition coefficient (Wildman–Crippen LogP) is 4.00. The molecule has 0 amide bonds. The molecule has 0 aliphatic heterocycles. The molecule has 2 heterocycles. The van der Waals surface area contributed by atoms with Crippen LogP contribution in [0.4, 0.5) is 0 Å². The molecule has 13 heavy (non-hydrogen) atoms. The summed E-state index contributed by atoms with van der Waals surface area (Å²) in [5, 5.41) is 2.59. The van der Waals surface area contributed by atoms with Crippen LogP contribution in [0.5, 0.6) is 0 Å². The first-order valence-electron chi connectivity index (χ1n) is 3.81. The number of aromatic nitrogens is 1. The molecule has 0 N–H and O–H groups in total. The van der Waals surface area contributed by atoms with Gasteiger partial charge >= 0.3 is 0 Å². The highest BCUT2D eigenvalue weighted by Crippen LogP contribution is 2.28. The average Bonchev–Trinajstić information content (AvgIpc) is 2.47. The number of aryl methyl sites for hydroxylation is 1. The number of fused-ring (bicyclic) bond motifs is 1. The van der Waals surface area contributed by atoms with Crippen LogP contribution >= 0.6 is 34.5 Å². The largest absolute Gasteiger partial charge is 0.235 e. The zero-order valence-corrected chi connectivity index (χ0v) is 9.30. The second kappa shape index (κ2) is 3.45. The van der Waals surface area contributed by atoms with Crippen molar-refractivity contribution in [2.24, 2.45) is 0 Å². The van der Waals surface area contributed by atoms with E-state index in [4.69, 9.17) is 23.2 Å². The van der Waals surface area contributed by atoms with E-state index in [0.29, 0.717) is 11.0 Å². The molecule has 0 atom stereocenters. The van der Waals surface area contributed by atoms with Gasteiger partial charge in [-0.3, -0.25) is 0 Å². The molecule has 0 saturated heterocycles. The molecule has 4 heteroatoms. The van der Waals surface area contributed by atoms with Gasteiger partial charge in [0.25, 0.3) is 0 Å². The first-order chi connectivity index (χ1) is 6.22. The van der Waals surface area contributed by atoms with Gasteiger partial charge in [0, 0.05) is 5.56 Å². The van der Waals surface area contributed by atoms with Gasteiger partial charge in [-0.2, -0.15) is 0 Å². The zero-order chi connectivity index (χ0) is 9.42. The van der Waals surface area contributed by atoms with Crippen molar-refractivity contribution in [2.75, 3.05) is 0 Å². The number of thiophene rings is 1. The zero-order valence-electron chi connectivity index (χ0n) is 6.97. The fourth-order valence-electron chi connectivity index (χ4n) is 1.18. The quantitative estimate of drug-likeness (QED) is 0.535. The molecule has 0 aliphatic rings. The Morgan fingerprint density at radius 3 is 3.00 bits per heavy atom. The maximum Gasteiger partial charge on any atom is 0.134 e. The van der Waals surface area contributed by atoms with E-state index in [1.807, 2.05) is 13.0 Å². The lowest BCUT2D eigenvalue weighted by molar-refractivity contribution is 1.30. The third-order valence-corrected chi connectivity index (χ3v) is 3.55. The summed E-state index contributed by atoms with van der Waals surface area (Å²) in [6.07, 6.45) is 0. The number of halogens is 2. The first-order valence-corrected chi connectivity index (χ1v) is 5.61. The molecule has 0 saturated carbocycles. The standard InChI is InChI=1S/C9H7Cl2NS/c1-5-4-13-7-2-6(3-10)9(11)12-8(5)7/h2,4H,3H2,1H3. The Kier molecular flexibility index (Phi) is 2.45. The van der Waals surface area contributed by atoms with Crippen LogP contribution in [0.25, 0.3) is 10.2 Å². The van der Waals surface area contributed by atoms with Crippen molar-refractivity contribution in [1.82, 2.24) is 4.98 Å². The third-order valence-electron chi connectivity index (χ3n) is 1.89. The number of pyridine rings is 1. The van der Waals surface area contributed by atoms with Crippen LogP contribution in [0, 0.1) is 6.92 Å². The van der Waals surface area contributed by atoms with Crippen LogP contribution in [0.1, 0.15) is 11.1 Å². The lowest BCUT2D eigenvalue weighted by Gasteiger charge is -1.99. The number of alkyl halides is 1. The van der Waals surface area contributed by atoms with Crippen LogP contribution < -0.4 is 0 Å². The molecule has 0 unspecified atom stereocenters. The lowest BCUT2D eigenvalue weighted by Crippen LogP contribution is -1.85. The maximum absolute atomic E-state index is 5.94. The topological polar surface area (TPSA) is 12.9 Å². The third kappa shape index (κ3) is 1.54. The summed E-state index contributed by atoms with van der Waals surface area (Å²) < 4.78 is 1.15. The molecule has 0 fully saturated rings. The minimum absolute atomic E-state index is 0.415. The first kappa shape index (κ1) is 9.25. The summed E-state index contributed by atoms with van der Waals surface area (Å²) in [5.74, 6) is 0.415. The van der Waals surface area contributed by atoms with Gasteiger partial charge in [-0.15, -0.1) is 22.9 Å². The van der Waals surface area contributed by atoms with Crippen LogP contribution in [0.2, 0.25) is 5.15 Å². The minimum atomic E-state index is 0.415. The number of hydrogen-bond donors (Lipinski definition) is 0. The van der Waals surface area contributed by atoms with Crippen molar-refractivity contribution in [3.63, 3.8) is 0 Å².